The molecule has 3 aromatic heterocycles. The van der Waals surface area contributed by atoms with Crippen molar-refractivity contribution in [3.63, 3.8) is 0 Å². The first-order valence-corrected chi connectivity index (χ1v) is 13.7. The minimum Gasteiger partial charge on any atom is -0.282 e. The first-order valence-electron chi connectivity index (χ1n) is 11.4. The molecule has 5 aromatic rings. The molecule has 0 radical (unpaired) electrons. The largest absolute Gasteiger partial charge is 0.294 e. The van der Waals surface area contributed by atoms with Crippen LogP contribution < -0.4 is 0 Å². The summed E-state index contributed by atoms with van der Waals surface area (Å²) >= 11 is 1.66. The number of thiazole rings is 1. The quantitative estimate of drug-likeness (QED) is 0.294. The third kappa shape index (κ3) is 5.26. The van der Waals surface area contributed by atoms with Crippen molar-refractivity contribution >= 4 is 38.9 Å². The van der Waals surface area contributed by atoms with E-state index in [9.17, 15) is 8.42 Å². The Labute approximate surface area is 218 Å². The lowest BCUT2D eigenvalue weighted by Gasteiger charge is -2.00. The van der Waals surface area contributed by atoms with E-state index < -0.39 is 10.1 Å². The summed E-state index contributed by atoms with van der Waals surface area (Å²) in [6.45, 7) is 3.87. The third-order valence-corrected chi connectivity index (χ3v) is 7.72. The fraction of sp³-hybridized carbons (Fsp3) is 0.111. The van der Waals surface area contributed by atoms with Crippen LogP contribution in [0.15, 0.2) is 94.1 Å². The normalized spacial score (nSPS) is 12.9. The van der Waals surface area contributed by atoms with Crippen LogP contribution in [0.3, 0.4) is 0 Å². The van der Waals surface area contributed by atoms with Gasteiger partial charge in [0, 0.05) is 24.4 Å². The van der Waals surface area contributed by atoms with Crippen LogP contribution in [-0.4, -0.2) is 39.5 Å². The highest BCUT2D eigenvalue weighted by atomic mass is 32.2. The maximum Gasteiger partial charge on any atom is 0.294 e. The van der Waals surface area contributed by atoms with Crippen LogP contribution in [0.4, 0.5) is 0 Å². The summed E-state index contributed by atoms with van der Waals surface area (Å²) in [7, 11) is -4.02. The highest BCUT2D eigenvalue weighted by Gasteiger charge is 2.22. The van der Waals surface area contributed by atoms with Crippen LogP contribution in [0, 0.1) is 13.8 Å². The molecule has 4 heterocycles. The minimum absolute atomic E-state index is 0.0666. The van der Waals surface area contributed by atoms with E-state index in [1.54, 1.807) is 23.5 Å². The Kier molecular flexibility index (Phi) is 6.79. The molecule has 0 amide bonds. The summed E-state index contributed by atoms with van der Waals surface area (Å²) in [6.07, 6.45) is 4.55. The van der Waals surface area contributed by atoms with Crippen LogP contribution in [0.5, 0.6) is 0 Å². The summed E-state index contributed by atoms with van der Waals surface area (Å²) < 4.78 is 31.5. The molecule has 0 spiro atoms. The topological polar surface area (TPSA) is 109 Å². The van der Waals surface area contributed by atoms with Gasteiger partial charge in [-0.25, -0.2) is 9.50 Å². The Hall–Kier alpha value is -3.99. The molecule has 0 atom stereocenters. The number of aryl methyl sites for hydroxylation is 2. The van der Waals surface area contributed by atoms with E-state index in [1.807, 2.05) is 61.1 Å². The molecule has 0 saturated carbocycles. The van der Waals surface area contributed by atoms with Gasteiger partial charge in [-0.2, -0.15) is 23.7 Å². The van der Waals surface area contributed by atoms with E-state index in [0.29, 0.717) is 0 Å². The van der Waals surface area contributed by atoms with Crippen LogP contribution in [0.1, 0.15) is 22.6 Å². The summed E-state index contributed by atoms with van der Waals surface area (Å²) in [5.41, 5.74) is 7.10. The predicted octanol–water partition coefficient (Wildman–Crippen LogP) is 5.85. The third-order valence-electron chi connectivity index (χ3n) is 5.73. The number of pyridine rings is 1. The van der Waals surface area contributed by atoms with Gasteiger partial charge in [-0.3, -0.25) is 4.55 Å². The van der Waals surface area contributed by atoms with Crippen LogP contribution >= 0.6 is 11.3 Å². The molecule has 2 aromatic carbocycles. The van der Waals surface area contributed by atoms with Crippen molar-refractivity contribution in [2.75, 3.05) is 0 Å². The van der Waals surface area contributed by atoms with E-state index in [2.05, 4.69) is 33.5 Å². The van der Waals surface area contributed by atoms with Gasteiger partial charge in [0.2, 0.25) is 0 Å². The molecular formula is C27H23N5O3S2. The Morgan fingerprint density at radius 1 is 0.946 bits per heavy atom. The Bertz CT molecular complexity index is 1740. The number of fused-ring (bicyclic) bond motifs is 1. The summed E-state index contributed by atoms with van der Waals surface area (Å²) in [4.78, 5) is 6.02. The van der Waals surface area contributed by atoms with Crippen molar-refractivity contribution in [3.8, 4) is 21.8 Å². The average molecular weight is 530 g/mol. The molecule has 8 nitrogen and oxygen atoms in total. The minimum atomic E-state index is -4.02. The van der Waals surface area contributed by atoms with Gasteiger partial charge in [-0.05, 0) is 38.1 Å². The number of hydrogen-bond acceptors (Lipinski definition) is 7. The number of aromatic nitrogens is 3. The van der Waals surface area contributed by atoms with Crippen molar-refractivity contribution in [2.24, 2.45) is 10.2 Å². The molecule has 0 unspecified atom stereocenters. The second-order valence-electron chi connectivity index (χ2n) is 8.39. The zero-order chi connectivity index (χ0) is 26.0. The van der Waals surface area contributed by atoms with Gasteiger partial charge >= 0.3 is 0 Å². The number of benzene rings is 2. The smallest absolute Gasteiger partial charge is 0.282 e. The lowest BCUT2D eigenvalue weighted by molar-refractivity contribution is 0.483. The Morgan fingerprint density at radius 3 is 2.35 bits per heavy atom. The SMILES string of the molecule is Cc1ccc(S(=O)(=O)O)cc1.Cc1nn2ccccc2c1-c1nc(-c2ccccc2)c(C2=NN=CC2)s1. The zero-order valence-corrected chi connectivity index (χ0v) is 21.7. The van der Waals surface area contributed by atoms with E-state index in [1.165, 1.54) is 12.1 Å². The monoisotopic (exact) mass is 529 g/mol. The average Bonchev–Trinajstić information content (AvgIpc) is 3.62. The molecule has 1 aliphatic rings. The molecule has 10 heteroatoms. The summed E-state index contributed by atoms with van der Waals surface area (Å²) in [5.74, 6) is 0. The van der Waals surface area contributed by atoms with E-state index >= 15 is 0 Å². The standard InChI is InChI=1S/C20H15N5S.C7H8O3S/c1-13-17(16-9-5-6-12-25(16)24-13)20-22-18(14-7-3-2-4-8-14)19(26-20)15-10-11-21-23-15;1-6-2-4-7(5-3-6)11(8,9)10/h2-9,11-12H,10H2,1H3;2-5H,1H3,(H,8,9,10). The zero-order valence-electron chi connectivity index (χ0n) is 20.1. The number of hydrogen-bond donors (Lipinski definition) is 1. The first kappa shape index (κ1) is 24.7. The molecule has 0 bridgehead atoms. The number of nitrogens with zero attached hydrogens (tertiary/aromatic N) is 5. The second-order valence-corrected chi connectivity index (χ2v) is 10.8. The van der Waals surface area contributed by atoms with E-state index in [-0.39, 0.29) is 4.90 Å². The van der Waals surface area contributed by atoms with Crippen LogP contribution in [0.25, 0.3) is 27.3 Å². The van der Waals surface area contributed by atoms with Crippen LogP contribution in [-0.2, 0) is 10.1 Å². The molecule has 186 valence electrons. The highest BCUT2D eigenvalue weighted by molar-refractivity contribution is 7.85. The Balaban J connectivity index is 0.000000215. The van der Waals surface area contributed by atoms with Gasteiger partial charge in [0.1, 0.15) is 5.01 Å². The summed E-state index contributed by atoms with van der Waals surface area (Å²) in [5, 5.41) is 13.9. The second kappa shape index (κ2) is 10.2. The molecule has 37 heavy (non-hydrogen) atoms. The van der Waals surface area contributed by atoms with Crippen molar-refractivity contribution in [1.29, 1.82) is 0 Å². The maximum atomic E-state index is 10.5. The van der Waals surface area contributed by atoms with Gasteiger partial charge in [0.25, 0.3) is 10.1 Å². The van der Waals surface area contributed by atoms with Crippen LogP contribution in [0.2, 0.25) is 0 Å². The van der Waals surface area contributed by atoms with Gasteiger partial charge in [0.15, 0.2) is 0 Å². The van der Waals surface area contributed by atoms with Gasteiger partial charge in [0.05, 0.1) is 38.0 Å². The molecule has 1 aliphatic heterocycles. The molecule has 6 rings (SSSR count). The van der Waals surface area contributed by atoms with Crippen molar-refractivity contribution in [2.45, 2.75) is 25.2 Å². The first-order chi connectivity index (χ1) is 17.8. The molecular weight excluding hydrogens is 506 g/mol. The molecule has 0 fully saturated rings. The molecule has 1 N–H and O–H groups in total. The fourth-order valence-corrected chi connectivity index (χ4v) is 5.59. The number of rotatable bonds is 4. The lowest BCUT2D eigenvalue weighted by atomic mass is 10.1. The highest BCUT2D eigenvalue weighted by Crippen LogP contribution is 2.38. The predicted molar refractivity (Wildman–Crippen MR) is 147 cm³/mol. The van der Waals surface area contributed by atoms with Gasteiger partial charge in [-0.1, -0.05) is 54.1 Å². The van der Waals surface area contributed by atoms with Gasteiger partial charge in [-0.15, -0.1) is 11.3 Å². The van der Waals surface area contributed by atoms with E-state index in [0.717, 1.165) is 55.6 Å². The molecule has 0 aliphatic carbocycles. The maximum absolute atomic E-state index is 10.5. The Morgan fingerprint density at radius 2 is 1.68 bits per heavy atom. The van der Waals surface area contributed by atoms with E-state index in [4.69, 9.17) is 9.54 Å². The summed E-state index contributed by atoms with van der Waals surface area (Å²) in [6, 6.07) is 22.3. The molecule has 0 saturated heterocycles. The lowest BCUT2D eigenvalue weighted by Crippen LogP contribution is -1.97. The van der Waals surface area contributed by atoms with Crippen molar-refractivity contribution in [3.05, 3.63) is 95.1 Å². The van der Waals surface area contributed by atoms with Crippen molar-refractivity contribution in [1.82, 2.24) is 14.6 Å². The fourth-order valence-electron chi connectivity index (χ4n) is 3.92. The van der Waals surface area contributed by atoms with Crippen molar-refractivity contribution < 1.29 is 13.0 Å². The van der Waals surface area contributed by atoms with Gasteiger partial charge < -0.3 is 0 Å².